The van der Waals surface area contributed by atoms with Gasteiger partial charge < -0.3 is 58.4 Å². The minimum atomic E-state index is -0.563. The number of rotatable bonds is 37. The molecule has 1 aliphatic rings. The number of carbonyl (C=O) groups excluding carboxylic acids is 5. The number of carbonyl (C=O) groups is 5. The maximum Gasteiger partial charge on any atom is 0.242 e. The second-order valence-corrected chi connectivity index (χ2v) is 11.9. The van der Waals surface area contributed by atoms with Crippen LogP contribution in [0, 0.1) is 0 Å². The first kappa shape index (κ1) is 45.8. The molecule has 0 bridgehead atoms. The zero-order chi connectivity index (χ0) is 36.3. The third kappa shape index (κ3) is 26.5. The summed E-state index contributed by atoms with van der Waals surface area (Å²) < 4.78 is 42.8. The predicted octanol–water partition coefficient (Wildman–Crippen LogP) is -1.04. The van der Waals surface area contributed by atoms with Crippen LogP contribution in [0.4, 0.5) is 0 Å². The Balaban J connectivity index is 1.94. The minimum Gasteiger partial charge on any atom is -0.396 e. The molecule has 17 nitrogen and oxygen atoms in total. The van der Waals surface area contributed by atoms with Crippen molar-refractivity contribution in [2.45, 2.75) is 37.4 Å². The number of aliphatic hydroxyl groups excluding tert-OH is 1. The quantitative estimate of drug-likeness (QED) is 0.0396. The van der Waals surface area contributed by atoms with Gasteiger partial charge >= 0.3 is 0 Å². The van der Waals surface area contributed by atoms with Gasteiger partial charge in [0.15, 0.2) is 0 Å². The van der Waals surface area contributed by atoms with Gasteiger partial charge in [-0.25, -0.2) is 0 Å². The molecule has 1 rings (SSSR count). The van der Waals surface area contributed by atoms with E-state index in [2.05, 4.69) is 10.6 Å². The van der Waals surface area contributed by atoms with Crippen molar-refractivity contribution in [2.75, 3.05) is 138 Å². The summed E-state index contributed by atoms with van der Waals surface area (Å²) in [5.41, 5.74) is 0. The summed E-state index contributed by atoms with van der Waals surface area (Å²) >= 11 is 1.26. The van der Waals surface area contributed by atoms with Gasteiger partial charge in [-0.2, -0.15) is 0 Å². The van der Waals surface area contributed by atoms with Gasteiger partial charge in [-0.1, -0.05) is 0 Å². The van der Waals surface area contributed by atoms with Crippen molar-refractivity contribution >= 4 is 41.7 Å². The van der Waals surface area contributed by atoms with Crippen molar-refractivity contribution in [3.05, 3.63) is 0 Å². The summed E-state index contributed by atoms with van der Waals surface area (Å²) in [4.78, 5) is 60.6. The van der Waals surface area contributed by atoms with Crippen LogP contribution >= 0.6 is 11.8 Å². The Bertz CT molecular complexity index is 904. The summed E-state index contributed by atoms with van der Waals surface area (Å²) in [5, 5.41) is 13.6. The number of imide groups is 1. The average molecular weight is 740 g/mol. The van der Waals surface area contributed by atoms with Crippen LogP contribution in [0.3, 0.4) is 0 Å². The molecule has 0 aromatic rings. The maximum atomic E-state index is 12.7. The number of hydrogen-bond donors (Lipinski definition) is 3. The van der Waals surface area contributed by atoms with E-state index < -0.39 is 5.25 Å². The first-order chi connectivity index (χ1) is 24.5. The molecule has 0 radical (unpaired) electrons. The first-order valence-corrected chi connectivity index (χ1v) is 18.2. The summed E-state index contributed by atoms with van der Waals surface area (Å²) in [5.74, 6) is -0.744. The standard InChI is InChI=1S/C32H57N3O14S/c36-8-1-10-42-14-18-46-22-24-48-20-16-44-12-5-33-29(38)3-7-35-31(40)27-28(32(35)41)50-26-4-30(39)34-6-13-45-17-21-49-25-23-47-19-15-43-11-2-9-37/h9,28,36H,1-8,10-27H2,(H,33,38)(H,34,39). The van der Waals surface area contributed by atoms with Crippen LogP contribution in [0.1, 0.15) is 32.1 Å². The predicted molar refractivity (Wildman–Crippen MR) is 182 cm³/mol. The molecule has 290 valence electrons. The lowest BCUT2D eigenvalue weighted by atomic mass is 10.3. The molecule has 1 heterocycles. The maximum absolute atomic E-state index is 12.7. The van der Waals surface area contributed by atoms with E-state index in [1.54, 1.807) is 0 Å². The number of ether oxygens (including phenoxy) is 8. The largest absolute Gasteiger partial charge is 0.396 e. The lowest BCUT2D eigenvalue weighted by molar-refractivity contribution is -0.138. The molecule has 1 aliphatic heterocycles. The minimum absolute atomic E-state index is 0.00367. The number of aldehydes is 1. The first-order valence-electron chi connectivity index (χ1n) is 17.1. The average Bonchev–Trinajstić information content (AvgIpc) is 3.38. The van der Waals surface area contributed by atoms with Crippen molar-refractivity contribution in [2.24, 2.45) is 0 Å². The van der Waals surface area contributed by atoms with E-state index in [1.165, 1.54) is 11.8 Å². The fraction of sp³-hybridized carbons (Fsp3) is 0.844. The molecule has 3 N–H and O–H groups in total. The van der Waals surface area contributed by atoms with E-state index in [-0.39, 0.29) is 56.0 Å². The van der Waals surface area contributed by atoms with Gasteiger partial charge in [0.2, 0.25) is 23.6 Å². The van der Waals surface area contributed by atoms with Crippen LogP contribution in [-0.4, -0.2) is 183 Å². The summed E-state index contributed by atoms with van der Waals surface area (Å²) in [7, 11) is 0. The van der Waals surface area contributed by atoms with Crippen LogP contribution in [0.25, 0.3) is 0 Å². The van der Waals surface area contributed by atoms with Crippen LogP contribution in [0.15, 0.2) is 0 Å². The molecule has 50 heavy (non-hydrogen) atoms. The van der Waals surface area contributed by atoms with Crippen molar-refractivity contribution in [3.63, 3.8) is 0 Å². The molecule has 1 atom stereocenters. The molecule has 18 heteroatoms. The molecule has 1 saturated heterocycles. The van der Waals surface area contributed by atoms with E-state index in [4.69, 9.17) is 43.0 Å². The fourth-order valence-corrected chi connectivity index (χ4v) is 5.17. The third-order valence-corrected chi connectivity index (χ3v) is 7.82. The van der Waals surface area contributed by atoms with Gasteiger partial charge in [0.1, 0.15) is 6.29 Å². The second kappa shape index (κ2) is 33.9. The zero-order valence-electron chi connectivity index (χ0n) is 29.1. The Morgan fingerprint density at radius 3 is 1.60 bits per heavy atom. The van der Waals surface area contributed by atoms with Crippen LogP contribution in [-0.2, 0) is 61.9 Å². The van der Waals surface area contributed by atoms with Gasteiger partial charge in [-0.3, -0.25) is 24.1 Å². The molecule has 0 spiro atoms. The van der Waals surface area contributed by atoms with E-state index in [9.17, 15) is 24.0 Å². The SMILES string of the molecule is O=CCCOCCOCCOCCOCCNC(=O)CCSC1CC(=O)N(CCC(=O)NCCOCCOCCOCCOCCCO)C1=O. The Hall–Kier alpha value is -2.26. The topological polar surface area (TPSA) is 207 Å². The number of amides is 4. The normalized spacial score (nSPS) is 14.4. The summed E-state index contributed by atoms with van der Waals surface area (Å²) in [6.45, 7) is 7.35. The van der Waals surface area contributed by atoms with Gasteiger partial charge in [0, 0.05) is 64.3 Å². The van der Waals surface area contributed by atoms with Crippen molar-refractivity contribution < 1.29 is 67.0 Å². The van der Waals surface area contributed by atoms with Crippen LogP contribution in [0.2, 0.25) is 0 Å². The summed E-state index contributed by atoms with van der Waals surface area (Å²) in [6.07, 6.45) is 2.04. The second-order valence-electron chi connectivity index (χ2n) is 10.6. The van der Waals surface area contributed by atoms with E-state index in [0.717, 1.165) is 11.2 Å². The van der Waals surface area contributed by atoms with Crippen molar-refractivity contribution in [1.29, 1.82) is 0 Å². The lowest BCUT2D eigenvalue weighted by Gasteiger charge is -2.15. The Labute approximate surface area is 299 Å². The van der Waals surface area contributed by atoms with Gasteiger partial charge in [-0.05, 0) is 6.42 Å². The van der Waals surface area contributed by atoms with E-state index in [1.807, 2.05) is 0 Å². The Morgan fingerprint density at radius 2 is 1.12 bits per heavy atom. The summed E-state index contributed by atoms with van der Waals surface area (Å²) in [6, 6.07) is 0. The van der Waals surface area contributed by atoms with Crippen LogP contribution in [0.5, 0.6) is 0 Å². The number of thioether (sulfide) groups is 1. The monoisotopic (exact) mass is 739 g/mol. The van der Waals surface area contributed by atoms with Gasteiger partial charge in [0.25, 0.3) is 0 Å². The van der Waals surface area contributed by atoms with Gasteiger partial charge in [0.05, 0.1) is 104 Å². The molecule has 0 aromatic carbocycles. The third-order valence-electron chi connectivity index (χ3n) is 6.61. The van der Waals surface area contributed by atoms with Gasteiger partial charge in [-0.15, -0.1) is 11.8 Å². The highest BCUT2D eigenvalue weighted by Gasteiger charge is 2.38. The van der Waals surface area contributed by atoms with Crippen molar-refractivity contribution in [1.82, 2.24) is 15.5 Å². The van der Waals surface area contributed by atoms with Crippen LogP contribution < -0.4 is 10.6 Å². The molecular formula is C32H57N3O14S. The number of likely N-dealkylation sites (tertiary alicyclic amines) is 1. The zero-order valence-corrected chi connectivity index (χ0v) is 30.0. The number of aliphatic hydroxyl groups is 1. The number of hydrogen-bond acceptors (Lipinski definition) is 15. The highest BCUT2D eigenvalue weighted by Crippen LogP contribution is 2.25. The highest BCUT2D eigenvalue weighted by atomic mass is 32.2. The molecule has 4 amide bonds. The molecule has 1 fully saturated rings. The highest BCUT2D eigenvalue weighted by molar-refractivity contribution is 8.00. The molecular weight excluding hydrogens is 682 g/mol. The fourth-order valence-electron chi connectivity index (χ4n) is 4.05. The molecule has 0 aliphatic carbocycles. The number of nitrogens with one attached hydrogen (secondary N) is 2. The molecule has 0 aromatic heterocycles. The van der Waals surface area contributed by atoms with E-state index in [0.29, 0.717) is 137 Å². The molecule has 1 unspecified atom stereocenters. The van der Waals surface area contributed by atoms with Crippen molar-refractivity contribution in [3.8, 4) is 0 Å². The smallest absolute Gasteiger partial charge is 0.242 e. The Morgan fingerprint density at radius 1 is 0.680 bits per heavy atom. The molecule has 0 saturated carbocycles. The van der Waals surface area contributed by atoms with E-state index >= 15 is 0 Å². The Kier molecular flexibility index (Phi) is 31.0. The number of nitrogens with zero attached hydrogens (tertiary/aromatic N) is 1. The lowest BCUT2D eigenvalue weighted by Crippen LogP contribution is -2.36.